The normalized spacial score (nSPS) is 10.1. The van der Waals surface area contributed by atoms with Crippen molar-refractivity contribution in [3.8, 4) is 5.75 Å². The van der Waals surface area contributed by atoms with Crippen LogP contribution in [0.4, 0.5) is 5.69 Å². The van der Waals surface area contributed by atoms with Crippen LogP contribution in [0, 0.1) is 0 Å². The van der Waals surface area contributed by atoms with E-state index in [-0.39, 0.29) is 28.9 Å². The molecule has 21 heavy (non-hydrogen) atoms. The Kier molecular flexibility index (Phi) is 6.30. The molecule has 7 heteroatoms. The van der Waals surface area contributed by atoms with Gasteiger partial charge in [-0.05, 0) is 19.9 Å². The lowest BCUT2D eigenvalue weighted by molar-refractivity contribution is -0.121. The Morgan fingerprint density at radius 3 is 2.57 bits per heavy atom. The van der Waals surface area contributed by atoms with Gasteiger partial charge in [0.05, 0.1) is 29.9 Å². The Labute approximate surface area is 129 Å². The highest BCUT2D eigenvalue weighted by Gasteiger charge is 2.21. The van der Waals surface area contributed by atoms with Crippen LogP contribution in [0.15, 0.2) is 12.1 Å². The van der Waals surface area contributed by atoms with Crippen molar-refractivity contribution in [2.45, 2.75) is 13.8 Å². The number of amides is 2. The van der Waals surface area contributed by atoms with Gasteiger partial charge >= 0.3 is 0 Å². The Morgan fingerprint density at radius 2 is 2.05 bits per heavy atom. The molecule has 0 radical (unpaired) electrons. The summed E-state index contributed by atoms with van der Waals surface area (Å²) >= 11 is 5.96. The van der Waals surface area contributed by atoms with Crippen LogP contribution < -0.4 is 15.8 Å². The van der Waals surface area contributed by atoms with Crippen LogP contribution in [0.25, 0.3) is 0 Å². The Balaban J connectivity index is 3.04. The quantitative estimate of drug-likeness (QED) is 0.780. The van der Waals surface area contributed by atoms with Crippen LogP contribution in [0.3, 0.4) is 0 Å². The molecule has 2 amide bonds. The van der Waals surface area contributed by atoms with Crippen LogP contribution >= 0.6 is 11.6 Å². The molecule has 0 heterocycles. The van der Waals surface area contributed by atoms with Gasteiger partial charge in [-0.25, -0.2) is 0 Å². The first kappa shape index (κ1) is 17.1. The van der Waals surface area contributed by atoms with E-state index in [9.17, 15) is 9.59 Å². The number of ether oxygens (including phenoxy) is 1. The fraction of sp³-hybridized carbons (Fsp3) is 0.429. The maximum absolute atomic E-state index is 12.5. The molecule has 6 nitrogen and oxygen atoms in total. The molecule has 0 aromatic heterocycles. The van der Waals surface area contributed by atoms with Crippen molar-refractivity contribution in [2.24, 2.45) is 0 Å². The molecule has 0 unspecified atom stereocenters. The first-order valence-corrected chi connectivity index (χ1v) is 7.01. The van der Waals surface area contributed by atoms with Gasteiger partial charge in [-0.3, -0.25) is 9.59 Å². The molecule has 116 valence electrons. The molecule has 0 fully saturated rings. The predicted octanol–water partition coefficient (Wildman–Crippen LogP) is 1.53. The summed E-state index contributed by atoms with van der Waals surface area (Å²) in [5.41, 5.74) is 6.30. The average Bonchev–Trinajstić information content (AvgIpc) is 2.46. The van der Waals surface area contributed by atoms with E-state index in [1.165, 1.54) is 24.1 Å². The van der Waals surface area contributed by atoms with Crippen LogP contribution in [-0.4, -0.2) is 43.5 Å². The van der Waals surface area contributed by atoms with Crippen molar-refractivity contribution in [1.29, 1.82) is 0 Å². The van der Waals surface area contributed by atoms with Gasteiger partial charge in [-0.1, -0.05) is 11.6 Å². The van der Waals surface area contributed by atoms with Crippen molar-refractivity contribution in [3.05, 3.63) is 22.7 Å². The zero-order valence-electron chi connectivity index (χ0n) is 12.4. The fourth-order valence-corrected chi connectivity index (χ4v) is 1.99. The smallest absolute Gasteiger partial charge is 0.258 e. The molecule has 0 saturated carbocycles. The molecule has 0 aliphatic heterocycles. The lowest BCUT2D eigenvalue weighted by Gasteiger charge is -2.21. The van der Waals surface area contributed by atoms with E-state index in [1.807, 2.05) is 6.92 Å². The highest BCUT2D eigenvalue weighted by atomic mass is 35.5. The van der Waals surface area contributed by atoms with E-state index in [4.69, 9.17) is 22.1 Å². The number of nitrogens with one attached hydrogen (secondary N) is 1. The molecule has 0 aliphatic carbocycles. The van der Waals surface area contributed by atoms with E-state index in [1.54, 1.807) is 6.92 Å². The first-order valence-electron chi connectivity index (χ1n) is 6.63. The molecule has 0 bridgehead atoms. The SMILES string of the molecule is CCNC(=O)CN(CC)C(=O)c1cc(Cl)c(N)cc1OC. The molecule has 1 aromatic rings. The minimum absolute atomic E-state index is 0.0195. The van der Waals surface area contributed by atoms with Crippen molar-refractivity contribution in [1.82, 2.24) is 10.2 Å². The number of rotatable bonds is 6. The number of nitrogens with two attached hydrogens (primary N) is 1. The third kappa shape index (κ3) is 4.26. The van der Waals surface area contributed by atoms with Crippen LogP contribution in [0.5, 0.6) is 5.75 Å². The maximum Gasteiger partial charge on any atom is 0.258 e. The van der Waals surface area contributed by atoms with E-state index in [0.29, 0.717) is 24.5 Å². The van der Waals surface area contributed by atoms with E-state index in [0.717, 1.165) is 0 Å². The van der Waals surface area contributed by atoms with E-state index >= 15 is 0 Å². The topological polar surface area (TPSA) is 84.7 Å². The molecule has 3 N–H and O–H groups in total. The third-order valence-electron chi connectivity index (χ3n) is 2.93. The molecule has 1 aromatic carbocycles. The van der Waals surface area contributed by atoms with Gasteiger partial charge in [0.2, 0.25) is 5.91 Å². The number of anilines is 1. The summed E-state index contributed by atoms with van der Waals surface area (Å²) in [7, 11) is 1.44. The summed E-state index contributed by atoms with van der Waals surface area (Å²) in [4.78, 5) is 25.6. The second-order valence-electron chi connectivity index (χ2n) is 4.35. The summed E-state index contributed by atoms with van der Waals surface area (Å²) in [6, 6.07) is 2.95. The Morgan fingerprint density at radius 1 is 1.38 bits per heavy atom. The van der Waals surface area contributed by atoms with Crippen molar-refractivity contribution in [2.75, 3.05) is 32.5 Å². The lowest BCUT2D eigenvalue weighted by atomic mass is 10.1. The van der Waals surface area contributed by atoms with Crippen LogP contribution in [0.2, 0.25) is 5.02 Å². The molecule has 1 rings (SSSR count). The standard InChI is InChI=1S/C14H20ClN3O3/c1-4-17-13(19)8-18(5-2)14(20)9-6-10(15)11(16)7-12(9)21-3/h6-7H,4-5,8,16H2,1-3H3,(H,17,19). The molecule has 0 atom stereocenters. The maximum atomic E-state index is 12.5. The van der Waals surface area contributed by atoms with Gasteiger partial charge in [-0.15, -0.1) is 0 Å². The third-order valence-corrected chi connectivity index (χ3v) is 3.25. The van der Waals surface area contributed by atoms with Gasteiger partial charge in [0, 0.05) is 19.2 Å². The van der Waals surface area contributed by atoms with Crippen molar-refractivity contribution < 1.29 is 14.3 Å². The molecule has 0 saturated heterocycles. The number of halogens is 1. The second kappa shape index (κ2) is 7.73. The largest absolute Gasteiger partial charge is 0.496 e. The lowest BCUT2D eigenvalue weighted by Crippen LogP contribution is -2.40. The van der Waals surface area contributed by atoms with Crippen LogP contribution in [-0.2, 0) is 4.79 Å². The molecular formula is C14H20ClN3O3. The summed E-state index contributed by atoms with van der Waals surface area (Å²) in [5, 5.41) is 2.93. The number of carbonyl (C=O) groups is 2. The monoisotopic (exact) mass is 313 g/mol. The summed E-state index contributed by atoms with van der Waals surface area (Å²) in [6.07, 6.45) is 0. The van der Waals surface area contributed by atoms with Gasteiger partial charge in [0.15, 0.2) is 0 Å². The highest BCUT2D eigenvalue weighted by Crippen LogP contribution is 2.29. The number of likely N-dealkylation sites (N-methyl/N-ethyl adjacent to an activating group) is 2. The zero-order valence-corrected chi connectivity index (χ0v) is 13.2. The van der Waals surface area contributed by atoms with E-state index < -0.39 is 0 Å². The Bertz CT molecular complexity index is 534. The van der Waals surface area contributed by atoms with Crippen LogP contribution in [0.1, 0.15) is 24.2 Å². The number of hydrogen-bond acceptors (Lipinski definition) is 4. The Hall–Kier alpha value is -1.95. The zero-order chi connectivity index (χ0) is 16.0. The summed E-state index contributed by atoms with van der Waals surface area (Å²) in [5.74, 6) is -0.216. The fourth-order valence-electron chi connectivity index (χ4n) is 1.83. The highest BCUT2D eigenvalue weighted by molar-refractivity contribution is 6.33. The molecule has 0 aliphatic rings. The number of methoxy groups -OCH3 is 1. The van der Waals surface area contributed by atoms with Gasteiger partial charge in [-0.2, -0.15) is 0 Å². The number of carbonyl (C=O) groups excluding carboxylic acids is 2. The molecule has 0 spiro atoms. The van der Waals surface area contributed by atoms with Crippen molar-refractivity contribution in [3.63, 3.8) is 0 Å². The first-order chi connectivity index (χ1) is 9.94. The minimum atomic E-state index is -0.331. The average molecular weight is 314 g/mol. The minimum Gasteiger partial charge on any atom is -0.496 e. The predicted molar refractivity (Wildman–Crippen MR) is 82.7 cm³/mol. The molecular weight excluding hydrogens is 294 g/mol. The van der Waals surface area contributed by atoms with Gasteiger partial charge < -0.3 is 20.7 Å². The number of hydrogen-bond donors (Lipinski definition) is 2. The second-order valence-corrected chi connectivity index (χ2v) is 4.75. The van der Waals surface area contributed by atoms with Crippen molar-refractivity contribution >= 4 is 29.1 Å². The number of benzene rings is 1. The van der Waals surface area contributed by atoms with Gasteiger partial charge in [0.25, 0.3) is 5.91 Å². The number of nitrogen functional groups attached to an aromatic ring is 1. The summed E-state index contributed by atoms with van der Waals surface area (Å²) in [6.45, 7) is 4.50. The summed E-state index contributed by atoms with van der Waals surface area (Å²) < 4.78 is 5.16. The van der Waals surface area contributed by atoms with Gasteiger partial charge in [0.1, 0.15) is 5.75 Å². The van der Waals surface area contributed by atoms with E-state index in [2.05, 4.69) is 5.32 Å². The number of nitrogens with zero attached hydrogens (tertiary/aromatic N) is 1.